The SMILES string of the molecule is CC[NH+]1CCC(Nc2ncnc3scc(-c4ccc(Cl)cc4)c23)CC1. The summed E-state index contributed by atoms with van der Waals surface area (Å²) in [5.74, 6) is 0.959. The molecule has 4 nitrogen and oxygen atoms in total. The normalized spacial score (nSPS) is 20.7. The van der Waals surface area contributed by atoms with E-state index >= 15 is 0 Å². The molecule has 0 unspecified atom stereocenters. The van der Waals surface area contributed by atoms with Crippen molar-refractivity contribution in [3.8, 4) is 11.1 Å². The van der Waals surface area contributed by atoms with Gasteiger partial charge < -0.3 is 10.2 Å². The zero-order valence-corrected chi connectivity index (χ0v) is 15.8. The number of thiophene rings is 1. The first-order valence-electron chi connectivity index (χ1n) is 8.83. The van der Waals surface area contributed by atoms with E-state index in [9.17, 15) is 0 Å². The number of halogens is 1. The van der Waals surface area contributed by atoms with Crippen LogP contribution in [0.1, 0.15) is 19.8 Å². The third kappa shape index (κ3) is 3.50. The Kier molecular flexibility index (Phi) is 4.88. The highest BCUT2D eigenvalue weighted by molar-refractivity contribution is 7.17. The van der Waals surface area contributed by atoms with E-state index < -0.39 is 0 Å². The topological polar surface area (TPSA) is 42.2 Å². The predicted molar refractivity (Wildman–Crippen MR) is 106 cm³/mol. The molecule has 0 amide bonds. The number of rotatable bonds is 4. The lowest BCUT2D eigenvalue weighted by Gasteiger charge is -2.29. The van der Waals surface area contributed by atoms with Crippen LogP contribution in [-0.4, -0.2) is 35.6 Å². The highest BCUT2D eigenvalue weighted by Gasteiger charge is 2.22. The van der Waals surface area contributed by atoms with Gasteiger partial charge >= 0.3 is 0 Å². The summed E-state index contributed by atoms with van der Waals surface area (Å²) >= 11 is 7.70. The molecule has 6 heteroatoms. The molecule has 3 heterocycles. The number of nitrogens with zero attached hydrogens (tertiary/aromatic N) is 2. The fourth-order valence-corrected chi connectivity index (χ4v) is 4.59. The molecule has 0 aliphatic carbocycles. The number of hydrogen-bond acceptors (Lipinski definition) is 4. The van der Waals surface area contributed by atoms with Crippen LogP contribution in [0.4, 0.5) is 5.82 Å². The number of anilines is 1. The maximum absolute atomic E-state index is 6.04. The minimum Gasteiger partial charge on any atom is -0.366 e. The van der Waals surface area contributed by atoms with Gasteiger partial charge in [0.1, 0.15) is 17.0 Å². The molecular weight excluding hydrogens is 352 g/mol. The zero-order valence-electron chi connectivity index (χ0n) is 14.3. The van der Waals surface area contributed by atoms with E-state index in [2.05, 4.69) is 39.7 Å². The number of aromatic nitrogens is 2. The van der Waals surface area contributed by atoms with Crippen molar-refractivity contribution in [1.29, 1.82) is 0 Å². The average molecular weight is 374 g/mol. The second-order valence-electron chi connectivity index (χ2n) is 6.58. The summed E-state index contributed by atoms with van der Waals surface area (Å²) in [4.78, 5) is 11.8. The predicted octanol–water partition coefficient (Wildman–Crippen LogP) is 3.49. The molecule has 0 saturated carbocycles. The number of piperidine rings is 1. The lowest BCUT2D eigenvalue weighted by Crippen LogP contribution is -3.13. The average Bonchev–Trinajstić information content (AvgIpc) is 3.08. The van der Waals surface area contributed by atoms with Gasteiger partial charge in [0.05, 0.1) is 25.0 Å². The molecule has 1 saturated heterocycles. The van der Waals surface area contributed by atoms with Gasteiger partial charge in [0.15, 0.2) is 0 Å². The van der Waals surface area contributed by atoms with Gasteiger partial charge in [0.25, 0.3) is 0 Å². The van der Waals surface area contributed by atoms with Crippen molar-refractivity contribution in [2.75, 3.05) is 25.0 Å². The van der Waals surface area contributed by atoms with E-state index in [1.54, 1.807) is 22.6 Å². The fraction of sp³-hybridized carbons (Fsp3) is 0.368. The van der Waals surface area contributed by atoms with E-state index in [4.69, 9.17) is 11.6 Å². The molecule has 2 aromatic heterocycles. The van der Waals surface area contributed by atoms with Crippen LogP contribution < -0.4 is 10.2 Å². The molecule has 0 bridgehead atoms. The minimum atomic E-state index is 0.492. The summed E-state index contributed by atoms with van der Waals surface area (Å²) in [5.41, 5.74) is 2.33. The van der Waals surface area contributed by atoms with Crippen LogP contribution in [-0.2, 0) is 0 Å². The van der Waals surface area contributed by atoms with Gasteiger partial charge in [0.2, 0.25) is 0 Å². The third-order valence-electron chi connectivity index (χ3n) is 5.06. The van der Waals surface area contributed by atoms with E-state index in [1.807, 2.05) is 12.1 Å². The number of nitrogens with one attached hydrogen (secondary N) is 2. The Hall–Kier alpha value is -1.69. The molecule has 1 fully saturated rings. The van der Waals surface area contributed by atoms with Crippen molar-refractivity contribution in [1.82, 2.24) is 9.97 Å². The second kappa shape index (κ2) is 7.28. The molecule has 4 rings (SSSR count). The first kappa shape index (κ1) is 16.8. The van der Waals surface area contributed by atoms with Crippen molar-refractivity contribution in [3.05, 3.63) is 41.0 Å². The first-order valence-corrected chi connectivity index (χ1v) is 10.1. The van der Waals surface area contributed by atoms with Gasteiger partial charge in [-0.3, -0.25) is 0 Å². The molecule has 0 radical (unpaired) electrons. The van der Waals surface area contributed by atoms with Gasteiger partial charge in [0, 0.05) is 34.8 Å². The molecule has 1 aliphatic heterocycles. The van der Waals surface area contributed by atoms with Crippen LogP contribution in [0, 0.1) is 0 Å². The van der Waals surface area contributed by atoms with Crippen LogP contribution in [0.2, 0.25) is 5.02 Å². The maximum atomic E-state index is 6.04. The van der Waals surface area contributed by atoms with Crippen LogP contribution in [0.3, 0.4) is 0 Å². The summed E-state index contributed by atoms with van der Waals surface area (Å²) in [6.07, 6.45) is 4.05. The Labute approximate surface area is 156 Å². The number of benzene rings is 1. The Morgan fingerprint density at radius 2 is 1.96 bits per heavy atom. The van der Waals surface area contributed by atoms with Gasteiger partial charge in [-0.15, -0.1) is 11.3 Å². The monoisotopic (exact) mass is 373 g/mol. The molecule has 0 atom stereocenters. The molecular formula is C19H22ClN4S+. The molecule has 0 spiro atoms. The van der Waals surface area contributed by atoms with Crippen LogP contribution in [0.5, 0.6) is 0 Å². The lowest BCUT2D eigenvalue weighted by atomic mass is 10.0. The number of hydrogen-bond donors (Lipinski definition) is 2. The smallest absolute Gasteiger partial charge is 0.139 e. The van der Waals surface area contributed by atoms with E-state index in [0.29, 0.717) is 6.04 Å². The standard InChI is InChI=1S/C19H21ClN4S/c1-2-24-9-7-15(8-10-24)23-18-17-16(11-25-19(17)22-12-21-18)13-3-5-14(20)6-4-13/h3-6,11-12,15H,2,7-10H2,1H3,(H,21,22,23)/p+1. The minimum absolute atomic E-state index is 0.492. The van der Waals surface area contributed by atoms with E-state index in [0.717, 1.165) is 26.6 Å². The molecule has 1 aliphatic rings. The first-order chi connectivity index (χ1) is 12.2. The molecule has 3 aromatic rings. The van der Waals surface area contributed by atoms with E-state index in [-0.39, 0.29) is 0 Å². The molecule has 1 aromatic carbocycles. The Morgan fingerprint density at radius 3 is 2.68 bits per heavy atom. The van der Waals surface area contributed by atoms with Crippen molar-refractivity contribution in [2.24, 2.45) is 0 Å². The van der Waals surface area contributed by atoms with Gasteiger partial charge in [-0.25, -0.2) is 9.97 Å². The van der Waals surface area contributed by atoms with Gasteiger partial charge in [-0.05, 0) is 24.6 Å². The largest absolute Gasteiger partial charge is 0.366 e. The fourth-order valence-electron chi connectivity index (χ4n) is 3.54. The van der Waals surface area contributed by atoms with Crippen LogP contribution in [0.15, 0.2) is 36.0 Å². The Morgan fingerprint density at radius 1 is 1.20 bits per heavy atom. The van der Waals surface area contributed by atoms with Crippen molar-refractivity contribution >= 4 is 39.0 Å². The summed E-state index contributed by atoms with van der Waals surface area (Å²) in [6, 6.07) is 8.47. The molecule has 25 heavy (non-hydrogen) atoms. The maximum Gasteiger partial charge on any atom is 0.139 e. The summed E-state index contributed by atoms with van der Waals surface area (Å²) < 4.78 is 0. The Balaban J connectivity index is 1.65. The number of quaternary nitrogens is 1. The summed E-state index contributed by atoms with van der Waals surface area (Å²) in [6.45, 7) is 5.95. The zero-order chi connectivity index (χ0) is 17.2. The van der Waals surface area contributed by atoms with Crippen LogP contribution in [0.25, 0.3) is 21.3 Å². The Bertz CT molecular complexity index is 853. The van der Waals surface area contributed by atoms with E-state index in [1.165, 1.54) is 38.0 Å². The quantitative estimate of drug-likeness (QED) is 0.735. The van der Waals surface area contributed by atoms with Crippen molar-refractivity contribution in [3.63, 3.8) is 0 Å². The molecule has 130 valence electrons. The summed E-state index contributed by atoms with van der Waals surface area (Å²) in [7, 11) is 0. The van der Waals surface area contributed by atoms with Gasteiger partial charge in [-0.1, -0.05) is 23.7 Å². The highest BCUT2D eigenvalue weighted by atomic mass is 35.5. The van der Waals surface area contributed by atoms with Crippen LogP contribution >= 0.6 is 22.9 Å². The number of likely N-dealkylation sites (tertiary alicyclic amines) is 1. The molecule has 2 N–H and O–H groups in total. The van der Waals surface area contributed by atoms with Crippen molar-refractivity contribution in [2.45, 2.75) is 25.8 Å². The highest BCUT2D eigenvalue weighted by Crippen LogP contribution is 2.37. The summed E-state index contributed by atoms with van der Waals surface area (Å²) in [5, 5.41) is 7.73. The second-order valence-corrected chi connectivity index (χ2v) is 7.88. The lowest BCUT2D eigenvalue weighted by molar-refractivity contribution is -0.903. The van der Waals surface area contributed by atoms with Gasteiger partial charge in [-0.2, -0.15) is 0 Å². The third-order valence-corrected chi connectivity index (χ3v) is 6.20. The van der Waals surface area contributed by atoms with Crippen molar-refractivity contribution < 1.29 is 4.90 Å². The number of fused-ring (bicyclic) bond motifs is 1.